The fraction of sp³-hybridized carbons (Fsp3) is 0.857. The van der Waals surface area contributed by atoms with Crippen molar-refractivity contribution in [2.75, 3.05) is 6.61 Å². The van der Waals surface area contributed by atoms with Gasteiger partial charge in [0, 0.05) is 17.3 Å². The largest absolute Gasteiger partial charge is 0.461 e. The maximum Gasteiger partial charge on any atom is 0.309 e. The molecule has 2 saturated carbocycles. The van der Waals surface area contributed by atoms with E-state index in [0.717, 1.165) is 18.4 Å². The minimum absolute atomic E-state index is 0.0428. The van der Waals surface area contributed by atoms with Crippen LogP contribution in [0.2, 0.25) is 0 Å². The molecule has 11 atom stereocenters. The van der Waals surface area contributed by atoms with Crippen molar-refractivity contribution >= 4 is 5.97 Å². The Bertz CT molecular complexity index is 665. The molecule has 8 heteroatoms. The van der Waals surface area contributed by atoms with Gasteiger partial charge in [-0.25, -0.2) is 0 Å². The third-order valence-corrected chi connectivity index (χ3v) is 7.79. The molecule has 29 heavy (non-hydrogen) atoms. The summed E-state index contributed by atoms with van der Waals surface area (Å²) in [5.74, 6) is -0.153. The molecule has 4 rings (SSSR count). The summed E-state index contributed by atoms with van der Waals surface area (Å²) < 4.78 is 17.5. The average Bonchev–Trinajstić information content (AvgIpc) is 2.97. The SMILES string of the molecule is C=C1CCC(OC2OC(CO)C(O)C(O)C2O)C2(C)CCC3C(C)C(=O)OC3C12. The summed E-state index contributed by atoms with van der Waals surface area (Å²) in [6.07, 6.45) is -3.98. The molecule has 164 valence electrons. The van der Waals surface area contributed by atoms with Gasteiger partial charge in [0.15, 0.2) is 6.29 Å². The Kier molecular flexibility index (Phi) is 5.55. The van der Waals surface area contributed by atoms with Gasteiger partial charge in [0.25, 0.3) is 0 Å². The van der Waals surface area contributed by atoms with Gasteiger partial charge in [0.1, 0.15) is 30.5 Å². The summed E-state index contributed by atoms with van der Waals surface area (Å²) in [6.45, 7) is 7.79. The fourth-order valence-corrected chi connectivity index (χ4v) is 5.95. The van der Waals surface area contributed by atoms with E-state index in [1.165, 1.54) is 0 Å². The third-order valence-electron chi connectivity index (χ3n) is 7.79. The Balaban J connectivity index is 1.56. The quantitative estimate of drug-likeness (QED) is 0.380. The van der Waals surface area contributed by atoms with Gasteiger partial charge >= 0.3 is 5.97 Å². The lowest BCUT2D eigenvalue weighted by atomic mass is 9.53. The molecular formula is C21H32O8. The zero-order chi connectivity index (χ0) is 21.1. The molecule has 0 amide bonds. The number of esters is 1. The molecule has 0 aromatic rings. The second kappa shape index (κ2) is 7.59. The molecule has 0 spiro atoms. The van der Waals surface area contributed by atoms with Crippen molar-refractivity contribution in [1.29, 1.82) is 0 Å². The van der Waals surface area contributed by atoms with E-state index in [9.17, 15) is 25.2 Å². The molecule has 4 fully saturated rings. The lowest BCUT2D eigenvalue weighted by Gasteiger charge is -2.55. The standard InChI is InChI=1S/C21H32O8/c1-9-4-5-13(28-20-17(25)16(24)15(23)12(8-22)27-20)21(3)7-6-11-10(2)19(26)29-18(11)14(9)21/h10-18,20,22-25H,1,4-8H2,2-3H3. The van der Waals surface area contributed by atoms with Crippen LogP contribution >= 0.6 is 0 Å². The smallest absolute Gasteiger partial charge is 0.309 e. The number of fused-ring (bicyclic) bond motifs is 3. The van der Waals surface area contributed by atoms with E-state index in [2.05, 4.69) is 13.5 Å². The monoisotopic (exact) mass is 412 g/mol. The van der Waals surface area contributed by atoms with Crippen molar-refractivity contribution < 1.29 is 39.4 Å². The highest BCUT2D eigenvalue weighted by atomic mass is 16.7. The molecule has 2 heterocycles. The zero-order valence-electron chi connectivity index (χ0n) is 16.9. The van der Waals surface area contributed by atoms with Gasteiger partial charge in [0.2, 0.25) is 0 Å². The van der Waals surface area contributed by atoms with Gasteiger partial charge in [-0.05, 0) is 25.7 Å². The van der Waals surface area contributed by atoms with Crippen LogP contribution in [0.1, 0.15) is 39.5 Å². The van der Waals surface area contributed by atoms with Crippen molar-refractivity contribution in [3.8, 4) is 0 Å². The molecule has 4 N–H and O–H groups in total. The molecule has 0 radical (unpaired) electrons. The number of aliphatic hydroxyl groups is 4. The van der Waals surface area contributed by atoms with Gasteiger partial charge in [0.05, 0.1) is 18.6 Å². The minimum Gasteiger partial charge on any atom is -0.461 e. The van der Waals surface area contributed by atoms with Crippen LogP contribution in [0, 0.1) is 23.2 Å². The number of aliphatic hydroxyl groups excluding tert-OH is 4. The lowest BCUT2D eigenvalue weighted by Crippen LogP contribution is -2.61. The van der Waals surface area contributed by atoms with Crippen molar-refractivity contribution in [3.63, 3.8) is 0 Å². The van der Waals surface area contributed by atoms with Crippen molar-refractivity contribution in [1.82, 2.24) is 0 Å². The molecule has 4 aliphatic rings. The first-order valence-electron chi connectivity index (χ1n) is 10.5. The van der Waals surface area contributed by atoms with Crippen LogP contribution in [-0.2, 0) is 19.0 Å². The van der Waals surface area contributed by atoms with Gasteiger partial charge in [-0.1, -0.05) is 26.0 Å². The topological polar surface area (TPSA) is 126 Å². The summed E-state index contributed by atoms with van der Waals surface area (Å²) in [4.78, 5) is 12.2. The van der Waals surface area contributed by atoms with E-state index in [1.807, 2.05) is 6.92 Å². The normalized spacial score (nSPS) is 52.6. The Labute approximate surface area is 170 Å². The summed E-state index contributed by atoms with van der Waals surface area (Å²) >= 11 is 0. The van der Waals surface area contributed by atoms with Gasteiger partial charge in [-0.15, -0.1) is 0 Å². The predicted molar refractivity (Wildman–Crippen MR) is 100 cm³/mol. The first-order valence-corrected chi connectivity index (χ1v) is 10.5. The molecule has 11 unspecified atom stereocenters. The van der Waals surface area contributed by atoms with Crippen LogP contribution in [0.3, 0.4) is 0 Å². The number of hydrogen-bond donors (Lipinski definition) is 4. The van der Waals surface area contributed by atoms with E-state index >= 15 is 0 Å². The molecule has 0 aromatic heterocycles. The second-order valence-electron chi connectivity index (χ2n) is 9.40. The Morgan fingerprint density at radius 2 is 1.93 bits per heavy atom. The Hall–Kier alpha value is -1.03. The second-order valence-corrected chi connectivity index (χ2v) is 9.40. The van der Waals surface area contributed by atoms with Crippen molar-refractivity contribution in [2.45, 2.75) is 82.4 Å². The van der Waals surface area contributed by atoms with E-state index < -0.39 is 37.3 Å². The number of carbonyl (C=O) groups excluding carboxylic acids is 1. The molecule has 0 bridgehead atoms. The predicted octanol–water partition coefficient (Wildman–Crippen LogP) is 0.115. The van der Waals surface area contributed by atoms with Crippen LogP contribution in [0.5, 0.6) is 0 Å². The maximum absolute atomic E-state index is 12.2. The molecule has 2 aliphatic heterocycles. The highest BCUT2D eigenvalue weighted by Gasteiger charge is 2.60. The van der Waals surface area contributed by atoms with E-state index in [1.54, 1.807) is 0 Å². The Morgan fingerprint density at radius 3 is 2.62 bits per heavy atom. The summed E-state index contributed by atoms with van der Waals surface area (Å²) in [5, 5.41) is 39.9. The summed E-state index contributed by atoms with van der Waals surface area (Å²) in [5.41, 5.74) is 0.692. The highest BCUT2D eigenvalue weighted by Crippen LogP contribution is 2.58. The first kappa shape index (κ1) is 21.2. The van der Waals surface area contributed by atoms with Gasteiger partial charge < -0.3 is 34.6 Å². The maximum atomic E-state index is 12.2. The molecule has 8 nitrogen and oxygen atoms in total. The molecular weight excluding hydrogens is 380 g/mol. The minimum atomic E-state index is -1.47. The van der Waals surface area contributed by atoms with Crippen LogP contribution < -0.4 is 0 Å². The summed E-state index contributed by atoms with van der Waals surface area (Å²) in [7, 11) is 0. The molecule has 2 aliphatic carbocycles. The van der Waals surface area contributed by atoms with Gasteiger partial charge in [-0.3, -0.25) is 4.79 Å². The number of ether oxygens (including phenoxy) is 3. The highest BCUT2D eigenvalue weighted by molar-refractivity contribution is 5.75. The van der Waals surface area contributed by atoms with Crippen LogP contribution in [0.15, 0.2) is 12.2 Å². The first-order chi connectivity index (χ1) is 13.7. The van der Waals surface area contributed by atoms with Crippen LogP contribution in [0.25, 0.3) is 0 Å². The lowest BCUT2D eigenvalue weighted by molar-refractivity contribution is -0.325. The fourth-order valence-electron chi connectivity index (χ4n) is 5.95. The van der Waals surface area contributed by atoms with E-state index in [4.69, 9.17) is 14.2 Å². The average molecular weight is 412 g/mol. The number of carbonyl (C=O) groups is 1. The Morgan fingerprint density at radius 1 is 1.21 bits per heavy atom. The van der Waals surface area contributed by atoms with Gasteiger partial charge in [-0.2, -0.15) is 0 Å². The molecule has 0 aromatic carbocycles. The summed E-state index contributed by atoms with van der Waals surface area (Å²) in [6, 6.07) is 0. The molecule has 2 saturated heterocycles. The van der Waals surface area contributed by atoms with Crippen LogP contribution in [-0.4, -0.2) is 75.9 Å². The number of hydrogen-bond acceptors (Lipinski definition) is 8. The van der Waals surface area contributed by atoms with Crippen molar-refractivity contribution in [2.24, 2.45) is 23.2 Å². The van der Waals surface area contributed by atoms with E-state index in [0.29, 0.717) is 12.8 Å². The van der Waals surface area contributed by atoms with Crippen molar-refractivity contribution in [3.05, 3.63) is 12.2 Å². The zero-order valence-corrected chi connectivity index (χ0v) is 16.9. The van der Waals surface area contributed by atoms with Crippen LogP contribution in [0.4, 0.5) is 0 Å². The third kappa shape index (κ3) is 3.25. The van der Waals surface area contributed by atoms with E-state index in [-0.39, 0.29) is 41.3 Å². The number of rotatable bonds is 3.